The van der Waals surface area contributed by atoms with Crippen molar-refractivity contribution in [1.29, 1.82) is 0 Å². The van der Waals surface area contributed by atoms with Gasteiger partial charge in [-0.3, -0.25) is 37.3 Å². The highest BCUT2D eigenvalue weighted by Gasteiger charge is 2.30. The second-order valence-electron chi connectivity index (χ2n) is 23.3. The lowest BCUT2D eigenvalue weighted by molar-refractivity contribution is -0.161. The third-order valence-electron chi connectivity index (χ3n) is 14.5. The van der Waals surface area contributed by atoms with Crippen LogP contribution in [0.4, 0.5) is 0 Å². The monoisotopic (exact) mass is 1210 g/mol. The molecule has 0 aliphatic rings. The maximum Gasteiger partial charge on any atom is 0.472 e. The van der Waals surface area contributed by atoms with Crippen LogP contribution in [0.3, 0.4) is 0 Å². The molecule has 19 heteroatoms. The van der Waals surface area contributed by atoms with E-state index in [0.717, 1.165) is 102 Å². The molecule has 0 amide bonds. The number of unbranched alkanes of at least 4 members (excludes halogenated alkanes) is 35. The third-order valence-corrected chi connectivity index (χ3v) is 16.4. The zero-order valence-electron chi connectivity index (χ0n) is 52.6. The first-order chi connectivity index (χ1) is 39.5. The Morgan fingerprint density at radius 3 is 0.829 bits per heavy atom. The number of aliphatic hydroxyl groups excluding tert-OH is 1. The van der Waals surface area contributed by atoms with Gasteiger partial charge in [0.1, 0.15) is 19.3 Å². The fourth-order valence-electron chi connectivity index (χ4n) is 9.41. The summed E-state index contributed by atoms with van der Waals surface area (Å²) in [6, 6.07) is 0. The van der Waals surface area contributed by atoms with Gasteiger partial charge in [-0.15, -0.1) is 0 Å². The highest BCUT2D eigenvalue weighted by Crippen LogP contribution is 2.45. The fraction of sp³-hybridized carbons (Fsp3) is 0.937. The van der Waals surface area contributed by atoms with Gasteiger partial charge in [-0.2, -0.15) is 0 Å². The lowest BCUT2D eigenvalue weighted by atomic mass is 10.0. The van der Waals surface area contributed by atoms with Crippen LogP contribution in [0.15, 0.2) is 0 Å². The molecule has 0 bridgehead atoms. The molecular weight excluding hydrogens is 1090 g/mol. The van der Waals surface area contributed by atoms with E-state index in [-0.39, 0.29) is 25.7 Å². The van der Waals surface area contributed by atoms with Gasteiger partial charge in [0.05, 0.1) is 26.4 Å². The average molecular weight is 1210 g/mol. The molecule has 486 valence electrons. The van der Waals surface area contributed by atoms with E-state index in [0.29, 0.717) is 25.7 Å². The predicted molar refractivity (Wildman–Crippen MR) is 326 cm³/mol. The standard InChI is InChI=1S/C63H122O17P2/c1-6-9-12-15-17-19-21-22-24-28-32-37-42-47-61(66)74-53-59(80-63(68)49-44-39-34-30-26-25-27-31-36-40-45-56(4)5)55-78-82(71,72)76-51-57(64)50-75-81(69,70)77-54-58(52-73-60(65)46-41-35-14-11-8-3)79-62(67)48-43-38-33-29-23-20-18-16-13-10-7-2/h56-59,64H,6-55H2,1-5H3,(H,69,70)(H,71,72)/t57-,58+,59+/m0/s1. The molecule has 0 saturated carbocycles. The van der Waals surface area contributed by atoms with E-state index in [1.807, 2.05) is 0 Å². The van der Waals surface area contributed by atoms with Crippen molar-refractivity contribution in [2.45, 2.75) is 335 Å². The van der Waals surface area contributed by atoms with Crippen LogP contribution in [0, 0.1) is 5.92 Å². The van der Waals surface area contributed by atoms with E-state index >= 15 is 0 Å². The average Bonchev–Trinajstić information content (AvgIpc) is 3.44. The zero-order valence-corrected chi connectivity index (χ0v) is 54.4. The van der Waals surface area contributed by atoms with E-state index in [1.165, 1.54) is 135 Å². The van der Waals surface area contributed by atoms with Gasteiger partial charge in [-0.1, -0.05) is 266 Å². The first-order valence-electron chi connectivity index (χ1n) is 33.1. The predicted octanol–water partition coefficient (Wildman–Crippen LogP) is 17.4. The van der Waals surface area contributed by atoms with E-state index in [4.69, 9.17) is 37.0 Å². The van der Waals surface area contributed by atoms with Gasteiger partial charge >= 0.3 is 39.5 Å². The number of hydrogen-bond acceptors (Lipinski definition) is 15. The Hall–Kier alpha value is -1.94. The molecule has 0 aliphatic heterocycles. The summed E-state index contributed by atoms with van der Waals surface area (Å²) in [5.41, 5.74) is 0. The molecule has 0 aromatic rings. The number of hydrogen-bond donors (Lipinski definition) is 3. The molecule has 3 N–H and O–H groups in total. The number of carbonyl (C=O) groups excluding carboxylic acids is 4. The van der Waals surface area contributed by atoms with Crippen LogP contribution in [0.25, 0.3) is 0 Å². The van der Waals surface area contributed by atoms with Crippen LogP contribution in [0.2, 0.25) is 0 Å². The Kier molecular flexibility index (Phi) is 55.5. The van der Waals surface area contributed by atoms with Gasteiger partial charge in [0.25, 0.3) is 0 Å². The normalized spacial score (nSPS) is 14.3. The topological polar surface area (TPSA) is 237 Å². The van der Waals surface area contributed by atoms with Gasteiger partial charge in [0.15, 0.2) is 12.2 Å². The van der Waals surface area contributed by atoms with Gasteiger partial charge in [0, 0.05) is 25.7 Å². The van der Waals surface area contributed by atoms with Crippen LogP contribution in [-0.2, 0) is 65.4 Å². The lowest BCUT2D eigenvalue weighted by Crippen LogP contribution is -2.30. The minimum atomic E-state index is -4.94. The molecule has 5 atom stereocenters. The molecular formula is C63H122O17P2. The molecule has 17 nitrogen and oxygen atoms in total. The number of ether oxygens (including phenoxy) is 4. The van der Waals surface area contributed by atoms with Crippen LogP contribution >= 0.6 is 15.6 Å². The number of phosphoric ester groups is 2. The van der Waals surface area contributed by atoms with Crippen molar-refractivity contribution in [3.8, 4) is 0 Å². The molecule has 0 spiro atoms. The Bertz CT molecular complexity index is 1600. The summed E-state index contributed by atoms with van der Waals surface area (Å²) in [4.78, 5) is 71.9. The second-order valence-corrected chi connectivity index (χ2v) is 26.2. The molecule has 0 heterocycles. The molecule has 2 unspecified atom stereocenters. The highest BCUT2D eigenvalue weighted by molar-refractivity contribution is 7.47. The molecule has 0 saturated heterocycles. The first-order valence-corrected chi connectivity index (χ1v) is 36.1. The Balaban J connectivity index is 5.18. The van der Waals surface area contributed by atoms with Crippen molar-refractivity contribution in [3.63, 3.8) is 0 Å². The van der Waals surface area contributed by atoms with Gasteiger partial charge < -0.3 is 33.8 Å². The van der Waals surface area contributed by atoms with Crippen molar-refractivity contribution in [2.75, 3.05) is 39.6 Å². The summed E-state index contributed by atoms with van der Waals surface area (Å²) in [6.07, 6.45) is 40.5. The molecule has 82 heavy (non-hydrogen) atoms. The van der Waals surface area contributed by atoms with Gasteiger partial charge in [-0.05, 0) is 31.6 Å². The molecule has 0 fully saturated rings. The number of rotatable bonds is 63. The van der Waals surface area contributed by atoms with Crippen molar-refractivity contribution < 1.29 is 80.2 Å². The third kappa shape index (κ3) is 57.2. The summed E-state index contributed by atoms with van der Waals surface area (Å²) < 4.78 is 67.8. The molecule has 0 rings (SSSR count). The van der Waals surface area contributed by atoms with Crippen molar-refractivity contribution in [3.05, 3.63) is 0 Å². The number of carbonyl (C=O) groups is 4. The number of phosphoric acid groups is 2. The Morgan fingerprint density at radius 2 is 0.561 bits per heavy atom. The van der Waals surface area contributed by atoms with Crippen molar-refractivity contribution in [1.82, 2.24) is 0 Å². The van der Waals surface area contributed by atoms with Gasteiger partial charge in [0.2, 0.25) is 0 Å². The summed E-state index contributed by atoms with van der Waals surface area (Å²) >= 11 is 0. The summed E-state index contributed by atoms with van der Waals surface area (Å²) in [5, 5.41) is 10.5. The van der Waals surface area contributed by atoms with Crippen LogP contribution < -0.4 is 0 Å². The molecule has 0 aliphatic carbocycles. The van der Waals surface area contributed by atoms with Crippen molar-refractivity contribution in [2.24, 2.45) is 5.92 Å². The molecule has 0 aromatic carbocycles. The minimum absolute atomic E-state index is 0.106. The van der Waals surface area contributed by atoms with Crippen molar-refractivity contribution >= 4 is 39.5 Å². The summed E-state index contributed by atoms with van der Waals surface area (Å²) in [6.45, 7) is 7.09. The molecule has 0 aromatic heterocycles. The van der Waals surface area contributed by atoms with Crippen LogP contribution in [-0.4, -0.2) is 96.7 Å². The number of aliphatic hydroxyl groups is 1. The Morgan fingerprint density at radius 1 is 0.329 bits per heavy atom. The zero-order chi connectivity index (χ0) is 60.6. The highest BCUT2D eigenvalue weighted by atomic mass is 31.2. The van der Waals surface area contributed by atoms with E-state index in [1.54, 1.807) is 0 Å². The lowest BCUT2D eigenvalue weighted by Gasteiger charge is -2.21. The number of esters is 4. The second kappa shape index (κ2) is 56.8. The quantitative estimate of drug-likeness (QED) is 0.0222. The van der Waals surface area contributed by atoms with E-state index in [9.17, 15) is 43.2 Å². The van der Waals surface area contributed by atoms with Crippen LogP contribution in [0.1, 0.15) is 317 Å². The maximum atomic E-state index is 13.0. The maximum absolute atomic E-state index is 13.0. The van der Waals surface area contributed by atoms with Gasteiger partial charge in [-0.25, -0.2) is 9.13 Å². The Labute approximate surface area is 498 Å². The fourth-order valence-corrected chi connectivity index (χ4v) is 11.0. The van der Waals surface area contributed by atoms with E-state index in [2.05, 4.69) is 34.6 Å². The summed E-state index contributed by atoms with van der Waals surface area (Å²) in [5.74, 6) is -1.39. The SMILES string of the molecule is CCCCCCCCCCCCCCCC(=O)OC[C@H](COP(=O)(O)OC[C@@H](O)COP(=O)(O)OC[C@@H](COC(=O)CCCCCCC)OC(=O)CCCCCCCCCCCCC)OC(=O)CCCCCCCCCCCCC(C)C. The largest absolute Gasteiger partial charge is 0.472 e. The smallest absolute Gasteiger partial charge is 0.462 e. The molecule has 0 radical (unpaired) electrons. The first kappa shape index (κ1) is 80.1. The van der Waals surface area contributed by atoms with Crippen LogP contribution in [0.5, 0.6) is 0 Å². The van der Waals surface area contributed by atoms with E-state index < -0.39 is 97.5 Å². The minimum Gasteiger partial charge on any atom is -0.462 e. The summed E-state index contributed by atoms with van der Waals surface area (Å²) in [7, 11) is -9.88.